The van der Waals surface area contributed by atoms with E-state index in [0.29, 0.717) is 17.4 Å². The van der Waals surface area contributed by atoms with Crippen molar-refractivity contribution in [3.63, 3.8) is 0 Å². The molecular weight excluding hydrogens is 1200 g/mol. The fourth-order valence-electron chi connectivity index (χ4n) is 11.1. The molecule has 554 valence electrons. The largest absolute Gasteiger partial charge is 0.545 e. The zero-order chi connectivity index (χ0) is 70.4. The molecule has 0 spiro atoms. The lowest BCUT2D eigenvalue weighted by atomic mass is 10.0. The fourth-order valence-corrected chi connectivity index (χ4v) is 11.1. The van der Waals surface area contributed by atoms with Crippen LogP contribution in [0, 0.1) is 0 Å². The minimum Gasteiger partial charge on any atom is -0.545 e. The second-order valence-corrected chi connectivity index (χ2v) is 27.6. The van der Waals surface area contributed by atoms with Crippen LogP contribution in [0.3, 0.4) is 0 Å². The molecule has 0 aromatic carbocycles. The Morgan fingerprint density at radius 2 is 0.557 bits per heavy atom. The SMILES string of the molecule is CC/C=C\C/C=C\C/C=C\C/C=C\C/C=C\C/C=C\CCCCCCCCCCCCCCCCCCCCC(=O)OC(COC(=O)CCCCCCCCCCCCCCCCCC/C=C\C/C=C\C/C=C\C/C=C\C/C=C\C/C=C\CC)COC(OCC[N+](C)(C)C)C(=O)[O-]. The molecule has 0 aliphatic heterocycles. The molecule has 0 saturated carbocycles. The number of likely N-dealkylation sites (N-methyl/N-ethyl adjacent to an activating group) is 1. The van der Waals surface area contributed by atoms with Crippen LogP contribution in [0.5, 0.6) is 0 Å². The first kappa shape index (κ1) is 92.2. The van der Waals surface area contributed by atoms with Crippen molar-refractivity contribution in [2.75, 3.05) is 47.5 Å². The van der Waals surface area contributed by atoms with E-state index in [1.165, 1.54) is 186 Å². The number of allylic oxidation sites excluding steroid dienone is 24. The van der Waals surface area contributed by atoms with Crippen molar-refractivity contribution < 1.29 is 42.9 Å². The van der Waals surface area contributed by atoms with E-state index in [4.69, 9.17) is 18.9 Å². The number of carbonyl (C=O) groups is 3. The van der Waals surface area contributed by atoms with Crippen molar-refractivity contribution in [1.82, 2.24) is 0 Å². The van der Waals surface area contributed by atoms with E-state index in [1.54, 1.807) is 0 Å². The molecule has 0 amide bonds. The van der Waals surface area contributed by atoms with Gasteiger partial charge in [0.2, 0.25) is 0 Å². The van der Waals surface area contributed by atoms with Crippen LogP contribution in [0.2, 0.25) is 0 Å². The zero-order valence-corrected chi connectivity index (χ0v) is 63.4. The van der Waals surface area contributed by atoms with Gasteiger partial charge in [0.05, 0.1) is 40.3 Å². The number of carboxylic acids is 1. The predicted octanol–water partition coefficient (Wildman–Crippen LogP) is 24.5. The minimum absolute atomic E-state index is 0.144. The maximum Gasteiger partial charge on any atom is 0.306 e. The molecule has 0 N–H and O–H groups in total. The molecule has 97 heavy (non-hydrogen) atoms. The molecule has 0 bridgehead atoms. The van der Waals surface area contributed by atoms with Gasteiger partial charge in [-0.3, -0.25) is 9.59 Å². The Labute approximate surface area is 598 Å². The molecule has 0 rings (SSSR count). The summed E-state index contributed by atoms with van der Waals surface area (Å²) in [6, 6.07) is 0. The summed E-state index contributed by atoms with van der Waals surface area (Å²) in [4.78, 5) is 37.6. The number of esters is 2. The van der Waals surface area contributed by atoms with Crippen LogP contribution < -0.4 is 5.11 Å². The van der Waals surface area contributed by atoms with E-state index in [2.05, 4.69) is 160 Å². The second-order valence-electron chi connectivity index (χ2n) is 27.6. The van der Waals surface area contributed by atoms with Crippen molar-refractivity contribution in [2.24, 2.45) is 0 Å². The summed E-state index contributed by atoms with van der Waals surface area (Å²) in [5.74, 6) is -2.27. The number of quaternary nitrogens is 1. The first-order valence-corrected chi connectivity index (χ1v) is 40.0. The highest BCUT2D eigenvalue weighted by Crippen LogP contribution is 2.18. The van der Waals surface area contributed by atoms with E-state index >= 15 is 0 Å². The van der Waals surface area contributed by atoms with Crippen molar-refractivity contribution >= 4 is 17.9 Å². The maximum atomic E-state index is 13.0. The summed E-state index contributed by atoms with van der Waals surface area (Å²) in [6.45, 7) is 4.55. The summed E-state index contributed by atoms with van der Waals surface area (Å²) < 4.78 is 22.9. The quantitative estimate of drug-likeness (QED) is 0.0195. The van der Waals surface area contributed by atoms with Gasteiger partial charge in [-0.1, -0.05) is 352 Å². The van der Waals surface area contributed by atoms with Gasteiger partial charge in [0.1, 0.15) is 13.2 Å². The third-order valence-electron chi connectivity index (χ3n) is 17.1. The number of rotatable bonds is 73. The van der Waals surface area contributed by atoms with Gasteiger partial charge in [-0.05, 0) is 116 Å². The van der Waals surface area contributed by atoms with Crippen molar-refractivity contribution in [1.29, 1.82) is 0 Å². The molecule has 0 heterocycles. The van der Waals surface area contributed by atoms with Gasteiger partial charge in [-0.2, -0.15) is 0 Å². The first-order valence-electron chi connectivity index (χ1n) is 40.0. The number of unbranched alkanes of at least 4 members (excludes halogenated alkanes) is 34. The number of hydrogen-bond acceptors (Lipinski definition) is 8. The van der Waals surface area contributed by atoms with Crippen LogP contribution in [0.15, 0.2) is 146 Å². The molecule has 9 heteroatoms. The zero-order valence-electron chi connectivity index (χ0n) is 63.4. The summed E-state index contributed by atoms with van der Waals surface area (Å²) in [5.41, 5.74) is 0. The van der Waals surface area contributed by atoms with E-state index in [1.807, 2.05) is 21.1 Å². The number of nitrogens with zero attached hydrogens (tertiary/aromatic N) is 1. The predicted molar refractivity (Wildman–Crippen MR) is 416 cm³/mol. The summed E-state index contributed by atoms with van der Waals surface area (Å²) in [7, 11) is 5.94. The van der Waals surface area contributed by atoms with Crippen molar-refractivity contribution in [3.05, 3.63) is 146 Å². The lowest BCUT2D eigenvalue weighted by Crippen LogP contribution is -2.44. The van der Waals surface area contributed by atoms with E-state index in [-0.39, 0.29) is 38.6 Å². The Hall–Kier alpha value is -4.83. The minimum atomic E-state index is -1.63. The van der Waals surface area contributed by atoms with Gasteiger partial charge in [-0.25, -0.2) is 0 Å². The van der Waals surface area contributed by atoms with E-state index in [9.17, 15) is 19.5 Å². The summed E-state index contributed by atoms with van der Waals surface area (Å²) in [5, 5.41) is 11.9. The lowest BCUT2D eigenvalue weighted by Gasteiger charge is -2.26. The molecule has 0 aliphatic carbocycles. The summed E-state index contributed by atoms with van der Waals surface area (Å²) in [6.07, 6.45) is 110. The van der Waals surface area contributed by atoms with Crippen LogP contribution in [0.1, 0.15) is 335 Å². The maximum absolute atomic E-state index is 13.0. The number of ether oxygens (including phenoxy) is 4. The Morgan fingerprint density at radius 1 is 0.309 bits per heavy atom. The molecular formula is C88H149NO8. The third-order valence-corrected chi connectivity index (χ3v) is 17.1. The van der Waals surface area contributed by atoms with Crippen LogP contribution in [-0.2, 0) is 33.3 Å². The van der Waals surface area contributed by atoms with Gasteiger partial charge in [0.15, 0.2) is 12.4 Å². The van der Waals surface area contributed by atoms with Crippen LogP contribution in [0.25, 0.3) is 0 Å². The molecule has 0 saturated heterocycles. The molecule has 2 atom stereocenters. The van der Waals surface area contributed by atoms with Crippen LogP contribution >= 0.6 is 0 Å². The van der Waals surface area contributed by atoms with Gasteiger partial charge in [0.25, 0.3) is 0 Å². The Bertz CT molecular complexity index is 2110. The van der Waals surface area contributed by atoms with Crippen LogP contribution in [0.4, 0.5) is 0 Å². The number of aliphatic carboxylic acids is 1. The molecule has 0 aromatic rings. The van der Waals surface area contributed by atoms with Gasteiger partial charge in [-0.15, -0.1) is 0 Å². The standard InChI is InChI=1S/C88H149NO8/c1-6-8-10-12-14-16-18-20-22-24-26-28-30-32-34-36-38-40-42-43-45-47-49-51-53-55-57-59-61-63-65-67-69-71-73-75-77-79-86(91)97-84(83-96-88(87(92)93)94-81-80-89(3,4)5)82-95-85(90)78-76-74-72-70-68-66-64-62-60-58-56-54-52-50-48-46-44-41-39-37-35-33-31-29-27-25-23-21-19-17-15-13-11-9-7-2/h8-11,14-17,20-23,26-29,32-35,38-41,84,88H,6-7,12-13,18-19,24-25,30-31,36-37,42-83H2,1-5H3/b10-8-,11-9-,16-14-,17-15-,22-20-,23-21-,28-26-,29-27-,34-32-,35-33-,40-38-,41-39-. The van der Waals surface area contributed by atoms with Crippen molar-refractivity contribution in [3.8, 4) is 0 Å². The number of carboxylic acid groups (broad SMARTS) is 1. The van der Waals surface area contributed by atoms with Crippen molar-refractivity contribution in [2.45, 2.75) is 347 Å². The molecule has 0 radical (unpaired) electrons. The molecule has 0 aromatic heterocycles. The van der Waals surface area contributed by atoms with Gasteiger partial charge in [0, 0.05) is 12.8 Å². The smallest absolute Gasteiger partial charge is 0.306 e. The average Bonchev–Trinajstić information content (AvgIpc) is 3.11. The second kappa shape index (κ2) is 76.9. The Morgan fingerprint density at radius 3 is 0.825 bits per heavy atom. The lowest BCUT2D eigenvalue weighted by molar-refractivity contribution is -0.870. The average molecular weight is 1350 g/mol. The van der Waals surface area contributed by atoms with E-state index < -0.39 is 24.3 Å². The number of carbonyl (C=O) groups excluding carboxylic acids is 3. The van der Waals surface area contributed by atoms with Gasteiger partial charge < -0.3 is 33.3 Å². The Balaban J connectivity index is 4.04. The monoisotopic (exact) mass is 1350 g/mol. The van der Waals surface area contributed by atoms with E-state index in [0.717, 1.165) is 116 Å². The van der Waals surface area contributed by atoms with Crippen LogP contribution in [-0.4, -0.2) is 82.3 Å². The van der Waals surface area contributed by atoms with Gasteiger partial charge >= 0.3 is 11.9 Å². The number of hydrogen-bond donors (Lipinski definition) is 0. The first-order chi connectivity index (χ1) is 47.6. The highest BCUT2D eigenvalue weighted by Gasteiger charge is 2.22. The fraction of sp³-hybridized carbons (Fsp3) is 0.693. The molecule has 2 unspecified atom stereocenters. The Kier molecular flexibility index (Phi) is 73.1. The highest BCUT2D eigenvalue weighted by atomic mass is 16.7. The summed E-state index contributed by atoms with van der Waals surface area (Å²) >= 11 is 0. The molecule has 0 fully saturated rings. The third kappa shape index (κ3) is 78.4. The highest BCUT2D eigenvalue weighted by molar-refractivity contribution is 5.70. The molecule has 9 nitrogen and oxygen atoms in total. The molecule has 0 aliphatic rings. The topological polar surface area (TPSA) is 111 Å². The normalized spacial score (nSPS) is 13.5.